The molecular formula is C22H25F4N5O4S. The molecule has 1 aliphatic rings. The van der Waals surface area contributed by atoms with E-state index in [1.807, 2.05) is 6.92 Å². The number of amides is 2. The number of piperidine rings is 1. The van der Waals surface area contributed by atoms with E-state index in [9.17, 15) is 27.2 Å². The fourth-order valence-corrected chi connectivity index (χ4v) is 3.73. The fourth-order valence-electron chi connectivity index (χ4n) is 2.98. The molecule has 2 atom stereocenters. The number of anilines is 1. The molecule has 196 valence electrons. The third kappa shape index (κ3) is 9.70. The molecule has 0 unspecified atom stereocenters. The number of carbonyl (C=O) groups is 3. The topological polar surface area (TPSA) is 133 Å². The number of carboxylic acids is 1. The standard InChI is InChI=1S/C20H24FN5O2S.C2HF3O2/c1-2-15(23-18(28)16-5-3-4-12-22-16)10-11-17(27)24-20-26-25-19(29-20)13-6-8-14(21)9-7-13;3-2(4,5)1(6)7/h6-11,15-16,22H,2-5,12H2,1H3,(H,23,28)(H,24,26,27);(H,6,7)/b11-10+;/t15-,16-;/m0./s1. The first-order valence-corrected chi connectivity index (χ1v) is 11.7. The maximum atomic E-state index is 13.0. The van der Waals surface area contributed by atoms with Crippen molar-refractivity contribution in [3.05, 3.63) is 42.2 Å². The van der Waals surface area contributed by atoms with E-state index >= 15 is 0 Å². The molecule has 2 heterocycles. The Balaban J connectivity index is 0.000000572. The number of hydrogen-bond acceptors (Lipinski definition) is 7. The van der Waals surface area contributed by atoms with Gasteiger partial charge in [0.05, 0.1) is 6.04 Å². The number of nitrogens with one attached hydrogen (secondary N) is 3. The molecule has 9 nitrogen and oxygen atoms in total. The molecule has 2 aromatic rings. The van der Waals surface area contributed by atoms with Crippen LogP contribution in [0.3, 0.4) is 0 Å². The summed E-state index contributed by atoms with van der Waals surface area (Å²) in [6, 6.07) is 5.53. The van der Waals surface area contributed by atoms with Crippen LogP contribution in [0.1, 0.15) is 32.6 Å². The summed E-state index contributed by atoms with van der Waals surface area (Å²) in [5.41, 5.74) is 0.727. The molecule has 2 amide bonds. The molecule has 0 spiro atoms. The predicted octanol–water partition coefficient (Wildman–Crippen LogP) is 3.51. The smallest absolute Gasteiger partial charge is 0.475 e. The van der Waals surface area contributed by atoms with Gasteiger partial charge in [0.1, 0.15) is 10.8 Å². The highest BCUT2D eigenvalue weighted by atomic mass is 32.1. The Hall–Kier alpha value is -3.39. The average molecular weight is 532 g/mol. The third-order valence-electron chi connectivity index (χ3n) is 4.86. The molecule has 3 rings (SSSR count). The highest BCUT2D eigenvalue weighted by Crippen LogP contribution is 2.26. The molecular weight excluding hydrogens is 506 g/mol. The number of benzene rings is 1. The van der Waals surface area contributed by atoms with Crippen LogP contribution in [0.4, 0.5) is 22.7 Å². The molecule has 1 fully saturated rings. The van der Waals surface area contributed by atoms with Crippen molar-refractivity contribution in [3.8, 4) is 10.6 Å². The number of carboxylic acid groups (broad SMARTS) is 1. The molecule has 36 heavy (non-hydrogen) atoms. The van der Waals surface area contributed by atoms with Crippen molar-refractivity contribution in [3.63, 3.8) is 0 Å². The second-order valence-electron chi connectivity index (χ2n) is 7.60. The summed E-state index contributed by atoms with van der Waals surface area (Å²) in [4.78, 5) is 33.4. The van der Waals surface area contributed by atoms with E-state index in [4.69, 9.17) is 9.90 Å². The normalized spacial score (nSPS) is 16.5. The van der Waals surface area contributed by atoms with Crippen LogP contribution in [0.25, 0.3) is 10.6 Å². The summed E-state index contributed by atoms with van der Waals surface area (Å²) >= 11 is 1.20. The zero-order valence-corrected chi connectivity index (χ0v) is 20.0. The predicted molar refractivity (Wildman–Crippen MR) is 125 cm³/mol. The van der Waals surface area contributed by atoms with Crippen LogP contribution in [0, 0.1) is 5.82 Å². The van der Waals surface area contributed by atoms with Crippen LogP contribution in [-0.2, 0) is 14.4 Å². The molecule has 14 heteroatoms. The van der Waals surface area contributed by atoms with Crippen molar-refractivity contribution in [1.29, 1.82) is 0 Å². The van der Waals surface area contributed by atoms with E-state index in [1.165, 1.54) is 29.5 Å². The molecule has 0 aliphatic carbocycles. The Morgan fingerprint density at radius 1 is 1.22 bits per heavy atom. The molecule has 0 bridgehead atoms. The Bertz CT molecular complexity index is 1050. The maximum Gasteiger partial charge on any atom is 0.490 e. The van der Waals surface area contributed by atoms with Crippen molar-refractivity contribution < 1.29 is 37.1 Å². The number of halogens is 4. The number of carbonyl (C=O) groups excluding carboxylic acids is 2. The van der Waals surface area contributed by atoms with E-state index in [1.54, 1.807) is 18.2 Å². The number of nitrogens with zero attached hydrogens (tertiary/aromatic N) is 2. The molecule has 0 saturated carbocycles. The van der Waals surface area contributed by atoms with Gasteiger partial charge in [-0.2, -0.15) is 13.2 Å². The lowest BCUT2D eigenvalue weighted by molar-refractivity contribution is -0.192. The number of alkyl halides is 3. The van der Waals surface area contributed by atoms with Gasteiger partial charge in [0.25, 0.3) is 0 Å². The summed E-state index contributed by atoms with van der Waals surface area (Å²) in [7, 11) is 0. The number of hydrogen-bond donors (Lipinski definition) is 4. The van der Waals surface area contributed by atoms with Gasteiger partial charge >= 0.3 is 12.1 Å². The van der Waals surface area contributed by atoms with Gasteiger partial charge in [0.2, 0.25) is 16.9 Å². The lowest BCUT2D eigenvalue weighted by Crippen LogP contribution is -2.49. The zero-order chi connectivity index (χ0) is 26.7. The lowest BCUT2D eigenvalue weighted by Gasteiger charge is -2.24. The van der Waals surface area contributed by atoms with E-state index in [2.05, 4.69) is 26.1 Å². The Morgan fingerprint density at radius 2 is 1.89 bits per heavy atom. The van der Waals surface area contributed by atoms with E-state index in [0.29, 0.717) is 16.6 Å². The van der Waals surface area contributed by atoms with E-state index in [-0.39, 0.29) is 29.7 Å². The van der Waals surface area contributed by atoms with Gasteiger partial charge in [-0.25, -0.2) is 9.18 Å². The minimum absolute atomic E-state index is 0.0327. The second kappa shape index (κ2) is 13.6. The summed E-state index contributed by atoms with van der Waals surface area (Å²) in [5, 5.41) is 24.9. The number of aliphatic carboxylic acids is 1. The van der Waals surface area contributed by atoms with Gasteiger partial charge < -0.3 is 15.7 Å². The molecule has 1 aromatic carbocycles. The highest BCUT2D eigenvalue weighted by molar-refractivity contribution is 7.18. The molecule has 0 radical (unpaired) electrons. The first kappa shape index (κ1) is 28.8. The lowest BCUT2D eigenvalue weighted by atomic mass is 10.0. The Labute approximate surface area is 208 Å². The summed E-state index contributed by atoms with van der Waals surface area (Å²) in [5.74, 6) is -3.47. The Kier molecular flexibility index (Phi) is 10.9. The molecule has 1 aromatic heterocycles. The van der Waals surface area contributed by atoms with Gasteiger partial charge in [-0.15, -0.1) is 10.2 Å². The first-order chi connectivity index (χ1) is 17.0. The van der Waals surface area contributed by atoms with E-state index in [0.717, 1.165) is 31.4 Å². The van der Waals surface area contributed by atoms with Crippen molar-refractivity contribution >= 4 is 34.3 Å². The monoisotopic (exact) mass is 531 g/mol. The summed E-state index contributed by atoms with van der Waals surface area (Å²) in [6.07, 6.45) is 1.63. The average Bonchev–Trinajstić information content (AvgIpc) is 3.30. The van der Waals surface area contributed by atoms with Crippen LogP contribution >= 0.6 is 11.3 Å². The van der Waals surface area contributed by atoms with Gasteiger partial charge in [-0.05, 0) is 50.1 Å². The van der Waals surface area contributed by atoms with Crippen LogP contribution < -0.4 is 16.0 Å². The molecule has 1 saturated heterocycles. The van der Waals surface area contributed by atoms with Crippen LogP contribution in [-0.4, -0.2) is 57.9 Å². The maximum absolute atomic E-state index is 13.0. The van der Waals surface area contributed by atoms with Gasteiger partial charge in [0, 0.05) is 17.7 Å². The minimum atomic E-state index is -5.08. The zero-order valence-electron chi connectivity index (χ0n) is 19.1. The van der Waals surface area contributed by atoms with Crippen molar-refractivity contribution in [2.45, 2.75) is 50.9 Å². The van der Waals surface area contributed by atoms with Crippen molar-refractivity contribution in [1.82, 2.24) is 20.8 Å². The summed E-state index contributed by atoms with van der Waals surface area (Å²) < 4.78 is 44.8. The van der Waals surface area contributed by atoms with Gasteiger partial charge in [0.15, 0.2) is 0 Å². The summed E-state index contributed by atoms with van der Waals surface area (Å²) in [6.45, 7) is 2.80. The largest absolute Gasteiger partial charge is 0.490 e. The van der Waals surface area contributed by atoms with Crippen molar-refractivity contribution in [2.75, 3.05) is 11.9 Å². The van der Waals surface area contributed by atoms with Crippen LogP contribution in [0.5, 0.6) is 0 Å². The molecule has 1 aliphatic heterocycles. The SMILES string of the molecule is CC[C@@H](/C=C/C(=O)Nc1nnc(-c2ccc(F)cc2)s1)NC(=O)[C@@H]1CCCCN1.O=C(O)C(F)(F)F. The van der Waals surface area contributed by atoms with Gasteiger partial charge in [-0.3, -0.25) is 14.9 Å². The van der Waals surface area contributed by atoms with Crippen molar-refractivity contribution in [2.24, 2.45) is 0 Å². The fraction of sp³-hybridized carbons (Fsp3) is 0.409. The number of rotatable bonds is 7. The second-order valence-corrected chi connectivity index (χ2v) is 8.57. The van der Waals surface area contributed by atoms with E-state index < -0.39 is 12.1 Å². The Morgan fingerprint density at radius 3 is 2.44 bits per heavy atom. The number of aromatic nitrogens is 2. The third-order valence-corrected chi connectivity index (χ3v) is 5.75. The first-order valence-electron chi connectivity index (χ1n) is 10.9. The molecule has 4 N–H and O–H groups in total. The quantitative estimate of drug-likeness (QED) is 0.317. The van der Waals surface area contributed by atoms with Crippen LogP contribution in [0.15, 0.2) is 36.4 Å². The highest BCUT2D eigenvalue weighted by Gasteiger charge is 2.38. The van der Waals surface area contributed by atoms with Crippen LogP contribution in [0.2, 0.25) is 0 Å². The van der Waals surface area contributed by atoms with Gasteiger partial charge in [-0.1, -0.05) is 30.8 Å². The minimum Gasteiger partial charge on any atom is -0.475 e.